The molecule has 0 aromatic heterocycles. The van der Waals surface area contributed by atoms with E-state index in [-0.39, 0.29) is 17.0 Å². The van der Waals surface area contributed by atoms with E-state index in [0.29, 0.717) is 6.54 Å². The topological polar surface area (TPSA) is 58.8 Å². The summed E-state index contributed by atoms with van der Waals surface area (Å²) in [5, 5.41) is 11.5. The van der Waals surface area contributed by atoms with E-state index in [9.17, 15) is 10.1 Å². The summed E-state index contributed by atoms with van der Waals surface area (Å²) in [6.07, 6.45) is 1.05. The van der Waals surface area contributed by atoms with E-state index in [1.807, 2.05) is 37.4 Å². The normalized spacial score (nSPS) is 31.0. The summed E-state index contributed by atoms with van der Waals surface area (Å²) in [4.78, 5) is 15.9. The Labute approximate surface area is 130 Å². The largest absolute Gasteiger partial charge is 0.379 e. The molecular weight excluding hydrogens is 282 g/mol. The van der Waals surface area contributed by atoms with E-state index in [2.05, 4.69) is 9.80 Å². The Balaban J connectivity index is 1.82. The van der Waals surface area contributed by atoms with Crippen molar-refractivity contribution < 1.29 is 9.66 Å². The van der Waals surface area contributed by atoms with Crippen molar-refractivity contribution in [3.63, 3.8) is 0 Å². The highest BCUT2D eigenvalue weighted by Crippen LogP contribution is 2.34. The van der Waals surface area contributed by atoms with Crippen LogP contribution in [0, 0.1) is 10.1 Å². The van der Waals surface area contributed by atoms with Crippen molar-refractivity contribution in [1.82, 2.24) is 9.80 Å². The molecule has 2 fully saturated rings. The molecule has 0 aliphatic carbocycles. The van der Waals surface area contributed by atoms with Crippen molar-refractivity contribution in [2.24, 2.45) is 0 Å². The Kier molecular flexibility index (Phi) is 4.71. The van der Waals surface area contributed by atoms with Gasteiger partial charge in [0, 0.05) is 18.0 Å². The van der Waals surface area contributed by atoms with Crippen LogP contribution in [-0.4, -0.2) is 66.8 Å². The van der Waals surface area contributed by atoms with Crippen LogP contribution in [0.25, 0.3) is 0 Å². The van der Waals surface area contributed by atoms with Gasteiger partial charge in [-0.25, -0.2) is 0 Å². The predicted molar refractivity (Wildman–Crippen MR) is 83.4 cm³/mol. The van der Waals surface area contributed by atoms with Crippen LogP contribution in [0.4, 0.5) is 0 Å². The van der Waals surface area contributed by atoms with Gasteiger partial charge < -0.3 is 4.74 Å². The molecule has 1 aromatic rings. The maximum absolute atomic E-state index is 11.5. The molecule has 3 atom stereocenters. The van der Waals surface area contributed by atoms with Crippen molar-refractivity contribution >= 4 is 0 Å². The first kappa shape index (κ1) is 15.4. The third-order valence-electron chi connectivity index (χ3n) is 4.88. The molecule has 0 amide bonds. The Morgan fingerprint density at radius 1 is 1.23 bits per heavy atom. The standard InChI is InChI=1S/C16H23N3O3/c1-17-12-15(19(20)21)14(13-5-3-2-4-6-13)11-16(17)18-7-9-22-10-8-18/h2-6,14-16H,7-12H2,1H3. The molecule has 2 aliphatic heterocycles. The first-order valence-corrected chi connectivity index (χ1v) is 7.87. The summed E-state index contributed by atoms with van der Waals surface area (Å²) in [5.41, 5.74) is 1.08. The molecule has 2 aliphatic rings. The minimum Gasteiger partial charge on any atom is -0.379 e. The van der Waals surface area contributed by atoms with Crippen molar-refractivity contribution in [3.05, 3.63) is 46.0 Å². The summed E-state index contributed by atoms with van der Waals surface area (Å²) in [5.74, 6) is -0.0276. The summed E-state index contributed by atoms with van der Waals surface area (Å²) < 4.78 is 5.43. The molecular formula is C16H23N3O3. The van der Waals surface area contributed by atoms with E-state index in [4.69, 9.17) is 4.74 Å². The number of piperidine rings is 1. The average Bonchev–Trinajstić information content (AvgIpc) is 2.56. The lowest BCUT2D eigenvalue weighted by molar-refractivity contribution is -0.531. The van der Waals surface area contributed by atoms with Crippen LogP contribution in [0.5, 0.6) is 0 Å². The lowest BCUT2D eigenvalue weighted by Gasteiger charge is -2.45. The quantitative estimate of drug-likeness (QED) is 0.624. The first-order chi connectivity index (χ1) is 10.7. The number of rotatable bonds is 3. The Morgan fingerprint density at radius 2 is 1.91 bits per heavy atom. The zero-order valence-corrected chi connectivity index (χ0v) is 12.9. The lowest BCUT2D eigenvalue weighted by Crippen LogP contribution is -2.58. The Hall–Kier alpha value is -1.50. The number of nitrogens with zero attached hydrogens (tertiary/aromatic N) is 3. The van der Waals surface area contributed by atoms with E-state index in [1.165, 1.54) is 0 Å². The van der Waals surface area contributed by atoms with Gasteiger partial charge >= 0.3 is 0 Å². The zero-order valence-electron chi connectivity index (χ0n) is 12.9. The Bertz CT molecular complexity index is 505. The maximum Gasteiger partial charge on any atom is 0.232 e. The highest BCUT2D eigenvalue weighted by molar-refractivity contribution is 5.22. The van der Waals surface area contributed by atoms with Gasteiger partial charge in [0.1, 0.15) is 0 Å². The van der Waals surface area contributed by atoms with Crippen LogP contribution < -0.4 is 0 Å². The van der Waals surface area contributed by atoms with Crippen LogP contribution in [0.1, 0.15) is 17.9 Å². The van der Waals surface area contributed by atoms with Gasteiger partial charge in [0.15, 0.2) is 0 Å². The van der Waals surface area contributed by atoms with Crippen LogP contribution in [0.15, 0.2) is 30.3 Å². The second-order valence-electron chi connectivity index (χ2n) is 6.17. The number of hydrogen-bond acceptors (Lipinski definition) is 5. The smallest absolute Gasteiger partial charge is 0.232 e. The second kappa shape index (κ2) is 6.73. The van der Waals surface area contributed by atoms with Gasteiger partial charge in [-0.3, -0.25) is 19.9 Å². The molecule has 6 nitrogen and oxygen atoms in total. The van der Waals surface area contributed by atoms with Crippen molar-refractivity contribution in [2.45, 2.75) is 24.5 Å². The van der Waals surface area contributed by atoms with Gasteiger partial charge in [-0.1, -0.05) is 30.3 Å². The molecule has 0 spiro atoms. The van der Waals surface area contributed by atoms with E-state index < -0.39 is 6.04 Å². The predicted octanol–water partition coefficient (Wildman–Crippen LogP) is 1.41. The fourth-order valence-electron chi connectivity index (χ4n) is 3.68. The number of morpholine rings is 1. The second-order valence-corrected chi connectivity index (χ2v) is 6.17. The van der Waals surface area contributed by atoms with Crippen LogP contribution in [0.3, 0.4) is 0 Å². The maximum atomic E-state index is 11.5. The molecule has 3 rings (SSSR count). The van der Waals surface area contributed by atoms with Gasteiger partial charge in [-0.15, -0.1) is 0 Å². The molecule has 22 heavy (non-hydrogen) atoms. The summed E-state index contributed by atoms with van der Waals surface area (Å²) in [6.45, 7) is 3.80. The molecule has 6 heteroatoms. The molecule has 1 aromatic carbocycles. The lowest BCUT2D eigenvalue weighted by atomic mass is 9.84. The van der Waals surface area contributed by atoms with Crippen LogP contribution in [0.2, 0.25) is 0 Å². The van der Waals surface area contributed by atoms with Gasteiger partial charge in [0.2, 0.25) is 6.04 Å². The number of likely N-dealkylation sites (N-methyl/N-ethyl adjacent to an activating group) is 1. The molecule has 120 valence electrons. The molecule has 0 N–H and O–H groups in total. The average molecular weight is 305 g/mol. The van der Waals surface area contributed by atoms with Gasteiger partial charge in [-0.2, -0.15) is 0 Å². The number of ether oxygens (including phenoxy) is 1. The minimum atomic E-state index is -0.537. The monoisotopic (exact) mass is 305 g/mol. The highest BCUT2D eigenvalue weighted by atomic mass is 16.6. The number of likely N-dealkylation sites (tertiary alicyclic amines) is 1. The van der Waals surface area contributed by atoms with Gasteiger partial charge in [0.25, 0.3) is 0 Å². The molecule has 3 unspecified atom stereocenters. The summed E-state index contributed by atoms with van der Waals surface area (Å²) >= 11 is 0. The minimum absolute atomic E-state index is 0.0276. The summed E-state index contributed by atoms with van der Waals surface area (Å²) in [6, 6.07) is 9.39. The molecule has 2 saturated heterocycles. The van der Waals surface area contributed by atoms with Crippen LogP contribution in [-0.2, 0) is 4.74 Å². The number of nitro groups is 1. The van der Waals surface area contributed by atoms with E-state index in [0.717, 1.165) is 38.3 Å². The molecule has 0 bridgehead atoms. The van der Waals surface area contributed by atoms with E-state index in [1.54, 1.807) is 0 Å². The summed E-state index contributed by atoms with van der Waals surface area (Å²) in [7, 11) is 2.00. The fraction of sp³-hybridized carbons (Fsp3) is 0.625. The van der Waals surface area contributed by atoms with E-state index >= 15 is 0 Å². The fourth-order valence-corrected chi connectivity index (χ4v) is 3.68. The molecule has 0 saturated carbocycles. The van der Waals surface area contributed by atoms with Crippen molar-refractivity contribution in [1.29, 1.82) is 0 Å². The highest BCUT2D eigenvalue weighted by Gasteiger charge is 2.43. The number of hydrogen-bond donors (Lipinski definition) is 0. The van der Waals surface area contributed by atoms with Crippen LogP contribution >= 0.6 is 0 Å². The zero-order chi connectivity index (χ0) is 15.5. The third kappa shape index (κ3) is 3.14. The van der Waals surface area contributed by atoms with Crippen molar-refractivity contribution in [2.75, 3.05) is 39.9 Å². The Morgan fingerprint density at radius 3 is 2.55 bits per heavy atom. The number of benzene rings is 1. The molecule has 2 heterocycles. The van der Waals surface area contributed by atoms with Gasteiger partial charge in [0.05, 0.1) is 31.8 Å². The van der Waals surface area contributed by atoms with Crippen molar-refractivity contribution in [3.8, 4) is 0 Å². The SMILES string of the molecule is CN1CC([N+](=O)[O-])C(c2ccccc2)CC1N1CCOCC1. The molecule has 0 radical (unpaired) electrons. The third-order valence-corrected chi connectivity index (χ3v) is 4.88. The first-order valence-electron chi connectivity index (χ1n) is 7.87. The van der Waals surface area contributed by atoms with Gasteiger partial charge in [-0.05, 0) is 19.0 Å².